The van der Waals surface area contributed by atoms with Crippen molar-refractivity contribution in [2.75, 3.05) is 13.7 Å². The highest BCUT2D eigenvalue weighted by atomic mass is 16.7. The Kier molecular flexibility index (Phi) is 6.09. The molecule has 7 nitrogen and oxygen atoms in total. The van der Waals surface area contributed by atoms with Crippen LogP contribution in [0.1, 0.15) is 27.2 Å². The Morgan fingerprint density at radius 2 is 1.75 bits per heavy atom. The first-order valence-electron chi connectivity index (χ1n) is 6.33. The molecule has 0 aromatic rings. The molecule has 1 rings (SSSR count). The van der Waals surface area contributed by atoms with E-state index in [0.29, 0.717) is 0 Å². The predicted octanol–water partition coefficient (Wildman–Crippen LogP) is 0.448. The lowest BCUT2D eigenvalue weighted by Gasteiger charge is -2.22. The summed E-state index contributed by atoms with van der Waals surface area (Å²) in [7, 11) is 1.44. The normalized spacial score (nSPS) is 29.0. The van der Waals surface area contributed by atoms with Crippen LogP contribution in [0, 0.1) is 5.92 Å². The highest BCUT2D eigenvalue weighted by Crippen LogP contribution is 2.33. The summed E-state index contributed by atoms with van der Waals surface area (Å²) in [5.41, 5.74) is 0. The third-order valence-corrected chi connectivity index (χ3v) is 2.96. The fourth-order valence-corrected chi connectivity index (χ4v) is 2.24. The van der Waals surface area contributed by atoms with Gasteiger partial charge in [-0.15, -0.1) is 0 Å². The summed E-state index contributed by atoms with van der Waals surface area (Å²) < 4.78 is 20.8. The van der Waals surface area contributed by atoms with Crippen molar-refractivity contribution in [1.82, 2.24) is 0 Å². The second-order valence-corrected chi connectivity index (χ2v) is 4.73. The van der Waals surface area contributed by atoms with Crippen molar-refractivity contribution in [3.63, 3.8) is 0 Å². The number of carbonyl (C=O) groups excluding carboxylic acids is 3. The van der Waals surface area contributed by atoms with Gasteiger partial charge in [0.1, 0.15) is 24.6 Å². The zero-order valence-electron chi connectivity index (χ0n) is 12.1. The molecule has 0 spiro atoms. The molecule has 20 heavy (non-hydrogen) atoms. The zero-order chi connectivity index (χ0) is 15.3. The van der Waals surface area contributed by atoms with Gasteiger partial charge in [-0.05, 0) is 6.92 Å². The lowest BCUT2D eigenvalue weighted by atomic mass is 9.95. The molecule has 4 atom stereocenters. The van der Waals surface area contributed by atoms with Gasteiger partial charge in [-0.2, -0.15) is 0 Å². The molecule has 7 heteroatoms. The molecule has 114 valence electrons. The van der Waals surface area contributed by atoms with Crippen molar-refractivity contribution in [1.29, 1.82) is 0 Å². The Labute approximate surface area is 117 Å². The molecule has 0 aromatic carbocycles. The Balaban J connectivity index is 2.84. The van der Waals surface area contributed by atoms with E-state index in [2.05, 4.69) is 0 Å². The van der Waals surface area contributed by atoms with Crippen molar-refractivity contribution >= 4 is 17.7 Å². The molecule has 1 aliphatic heterocycles. The van der Waals surface area contributed by atoms with Crippen LogP contribution in [0.5, 0.6) is 0 Å². The average Bonchev–Trinajstić information content (AvgIpc) is 2.63. The molecule has 0 radical (unpaired) electrons. The predicted molar refractivity (Wildman–Crippen MR) is 66.6 cm³/mol. The quantitative estimate of drug-likeness (QED) is 0.655. The smallest absolute Gasteiger partial charge is 0.303 e. The molecular formula is C13H20O7. The van der Waals surface area contributed by atoms with Gasteiger partial charge in [0.25, 0.3) is 0 Å². The van der Waals surface area contributed by atoms with Crippen molar-refractivity contribution in [3.05, 3.63) is 0 Å². The molecule has 0 bridgehead atoms. The number of hydrogen-bond acceptors (Lipinski definition) is 7. The van der Waals surface area contributed by atoms with Gasteiger partial charge in [0.05, 0.1) is 5.92 Å². The molecule has 0 aromatic heterocycles. The number of methoxy groups -OCH3 is 1. The summed E-state index contributed by atoms with van der Waals surface area (Å²) in [4.78, 5) is 33.4. The van der Waals surface area contributed by atoms with Crippen LogP contribution < -0.4 is 0 Å². The molecule has 0 aliphatic carbocycles. The standard InChI is InChI=1S/C13H20O7/c1-7(14)5-10-12(19-9(3)16)11(6-18-8(2)15)20-13(10)17-4/h10-13H,5-6H2,1-4H3/t10-,11-,12+,13?/m0/s1. The van der Waals surface area contributed by atoms with E-state index in [-0.39, 0.29) is 18.8 Å². The molecule has 1 saturated heterocycles. The SMILES string of the molecule is COC1O[C@@H](COC(C)=O)[C@H](OC(C)=O)[C@@H]1CC(C)=O. The summed E-state index contributed by atoms with van der Waals surface area (Å²) in [6.07, 6.45) is -1.84. The minimum Gasteiger partial charge on any atom is -0.463 e. The summed E-state index contributed by atoms with van der Waals surface area (Å²) >= 11 is 0. The number of Topliss-reactive ketones (excluding diaryl/α,β-unsaturated/α-hetero) is 1. The van der Waals surface area contributed by atoms with E-state index in [0.717, 1.165) is 0 Å². The van der Waals surface area contributed by atoms with E-state index in [1.165, 1.54) is 27.9 Å². The first-order valence-corrected chi connectivity index (χ1v) is 6.33. The van der Waals surface area contributed by atoms with Crippen molar-refractivity contribution in [2.24, 2.45) is 5.92 Å². The van der Waals surface area contributed by atoms with Crippen LogP contribution in [0.4, 0.5) is 0 Å². The molecule has 0 N–H and O–H groups in total. The molecule has 1 unspecified atom stereocenters. The van der Waals surface area contributed by atoms with Gasteiger partial charge < -0.3 is 23.7 Å². The Bertz CT molecular complexity index is 379. The van der Waals surface area contributed by atoms with Crippen LogP contribution in [-0.2, 0) is 33.3 Å². The van der Waals surface area contributed by atoms with Gasteiger partial charge in [-0.3, -0.25) is 9.59 Å². The second kappa shape index (κ2) is 7.35. The third-order valence-electron chi connectivity index (χ3n) is 2.96. The Hall–Kier alpha value is -1.47. The fraction of sp³-hybridized carbons (Fsp3) is 0.769. The first-order chi connectivity index (χ1) is 9.35. The topological polar surface area (TPSA) is 88.1 Å². The maximum Gasteiger partial charge on any atom is 0.303 e. The summed E-state index contributed by atoms with van der Waals surface area (Å²) in [5.74, 6) is -1.43. The van der Waals surface area contributed by atoms with Gasteiger partial charge in [0.2, 0.25) is 0 Å². The van der Waals surface area contributed by atoms with E-state index < -0.39 is 36.4 Å². The van der Waals surface area contributed by atoms with Gasteiger partial charge >= 0.3 is 11.9 Å². The highest BCUT2D eigenvalue weighted by molar-refractivity contribution is 5.76. The highest BCUT2D eigenvalue weighted by Gasteiger charge is 2.47. The van der Waals surface area contributed by atoms with Crippen LogP contribution >= 0.6 is 0 Å². The van der Waals surface area contributed by atoms with E-state index in [1.54, 1.807) is 0 Å². The van der Waals surface area contributed by atoms with Gasteiger partial charge in [-0.25, -0.2) is 0 Å². The third kappa shape index (κ3) is 4.57. The van der Waals surface area contributed by atoms with Gasteiger partial charge in [0.15, 0.2) is 6.29 Å². The zero-order valence-corrected chi connectivity index (χ0v) is 12.1. The maximum atomic E-state index is 11.3. The number of rotatable bonds is 6. The number of carbonyl (C=O) groups is 3. The minimum absolute atomic E-state index is 0.0540. The summed E-state index contributed by atoms with van der Waals surface area (Å²) in [6, 6.07) is 0. The largest absolute Gasteiger partial charge is 0.463 e. The van der Waals surface area contributed by atoms with Crippen molar-refractivity contribution in [3.8, 4) is 0 Å². The van der Waals surface area contributed by atoms with Gasteiger partial charge in [0, 0.05) is 27.4 Å². The molecule has 0 saturated carbocycles. The monoisotopic (exact) mass is 288 g/mol. The fourth-order valence-electron chi connectivity index (χ4n) is 2.24. The minimum atomic E-state index is -0.680. The van der Waals surface area contributed by atoms with Gasteiger partial charge in [-0.1, -0.05) is 0 Å². The van der Waals surface area contributed by atoms with Crippen LogP contribution in [0.25, 0.3) is 0 Å². The second-order valence-electron chi connectivity index (χ2n) is 4.73. The molecule has 1 heterocycles. The molecule has 1 aliphatic rings. The van der Waals surface area contributed by atoms with Crippen LogP contribution in [0.2, 0.25) is 0 Å². The van der Waals surface area contributed by atoms with Crippen LogP contribution in [0.3, 0.4) is 0 Å². The van der Waals surface area contributed by atoms with E-state index >= 15 is 0 Å². The average molecular weight is 288 g/mol. The van der Waals surface area contributed by atoms with E-state index in [4.69, 9.17) is 18.9 Å². The maximum absolute atomic E-state index is 11.3. The summed E-state index contributed by atoms with van der Waals surface area (Å²) in [5, 5.41) is 0. The molecule has 1 fully saturated rings. The lowest BCUT2D eigenvalue weighted by Crippen LogP contribution is -2.36. The number of ether oxygens (including phenoxy) is 4. The van der Waals surface area contributed by atoms with Crippen LogP contribution in [0.15, 0.2) is 0 Å². The summed E-state index contributed by atoms with van der Waals surface area (Å²) in [6.45, 7) is 3.93. The number of esters is 2. The lowest BCUT2D eigenvalue weighted by molar-refractivity contribution is -0.162. The molecular weight excluding hydrogens is 268 g/mol. The van der Waals surface area contributed by atoms with Crippen LogP contribution in [-0.4, -0.2) is 49.9 Å². The number of hydrogen-bond donors (Lipinski definition) is 0. The Morgan fingerprint density at radius 1 is 1.10 bits per heavy atom. The van der Waals surface area contributed by atoms with Crippen molar-refractivity contribution < 1.29 is 33.3 Å². The van der Waals surface area contributed by atoms with E-state index in [9.17, 15) is 14.4 Å². The number of ketones is 1. The van der Waals surface area contributed by atoms with Crippen molar-refractivity contribution in [2.45, 2.75) is 45.7 Å². The first kappa shape index (κ1) is 16.6. The Morgan fingerprint density at radius 3 is 2.20 bits per heavy atom. The van der Waals surface area contributed by atoms with E-state index in [1.807, 2.05) is 0 Å². The molecule has 0 amide bonds.